The van der Waals surface area contributed by atoms with Gasteiger partial charge in [-0.2, -0.15) is 0 Å². The van der Waals surface area contributed by atoms with E-state index in [0.717, 1.165) is 45.4 Å². The molecule has 1 amide bonds. The van der Waals surface area contributed by atoms with Crippen molar-refractivity contribution in [1.29, 1.82) is 0 Å². The fourth-order valence-corrected chi connectivity index (χ4v) is 4.52. The Morgan fingerprint density at radius 1 is 1.00 bits per heavy atom. The molecule has 2 aliphatic heterocycles. The summed E-state index contributed by atoms with van der Waals surface area (Å²) in [5.41, 5.74) is 2.55. The van der Waals surface area contributed by atoms with Gasteiger partial charge in [-0.3, -0.25) is 4.79 Å². The molecule has 0 bridgehead atoms. The number of benzene rings is 2. The Morgan fingerprint density at radius 2 is 1.64 bits per heavy atom. The zero-order valence-electron chi connectivity index (χ0n) is 14.7. The largest absolute Gasteiger partial charge is 0.341 e. The maximum atomic E-state index is 13.0. The van der Waals surface area contributed by atoms with E-state index in [0.29, 0.717) is 5.91 Å². The molecule has 1 atom stereocenters. The Morgan fingerprint density at radius 3 is 2.20 bits per heavy atom. The molecule has 2 heterocycles. The van der Waals surface area contributed by atoms with Crippen LogP contribution in [-0.4, -0.2) is 37.0 Å². The number of likely N-dealkylation sites (tertiary alicyclic amines) is 1. The lowest BCUT2D eigenvalue weighted by atomic mass is 9.69. The predicted molar refractivity (Wildman–Crippen MR) is 100 cm³/mol. The molecule has 2 fully saturated rings. The van der Waals surface area contributed by atoms with Gasteiger partial charge in [-0.05, 0) is 36.9 Å². The number of nitrogens with zero attached hydrogens (tertiary/aromatic N) is 1. The van der Waals surface area contributed by atoms with Crippen molar-refractivity contribution < 1.29 is 4.79 Å². The summed E-state index contributed by atoms with van der Waals surface area (Å²) < 4.78 is 0. The van der Waals surface area contributed by atoms with Gasteiger partial charge in [0, 0.05) is 25.0 Å². The predicted octanol–water partition coefficient (Wildman–Crippen LogP) is 3.20. The van der Waals surface area contributed by atoms with Gasteiger partial charge in [0.2, 0.25) is 5.91 Å². The minimum atomic E-state index is -0.0948. The molecule has 1 N–H and O–H groups in total. The van der Waals surface area contributed by atoms with Crippen LogP contribution in [0.4, 0.5) is 0 Å². The Kier molecular flexibility index (Phi) is 4.58. The molecule has 2 aromatic rings. The van der Waals surface area contributed by atoms with Crippen LogP contribution in [0.15, 0.2) is 60.7 Å². The molecule has 2 aliphatic rings. The second-order valence-corrected chi connectivity index (χ2v) is 7.37. The van der Waals surface area contributed by atoms with Crippen LogP contribution in [0.3, 0.4) is 0 Å². The van der Waals surface area contributed by atoms with E-state index >= 15 is 0 Å². The fraction of sp³-hybridized carbons (Fsp3) is 0.409. The molecule has 0 unspecified atom stereocenters. The van der Waals surface area contributed by atoms with Gasteiger partial charge in [-0.25, -0.2) is 0 Å². The maximum Gasteiger partial charge on any atom is 0.227 e. The number of hydrogen-bond acceptors (Lipinski definition) is 2. The van der Waals surface area contributed by atoms with Crippen LogP contribution in [0.2, 0.25) is 0 Å². The highest BCUT2D eigenvalue weighted by Gasteiger charge is 2.41. The van der Waals surface area contributed by atoms with Crippen molar-refractivity contribution in [2.24, 2.45) is 5.92 Å². The second-order valence-electron chi connectivity index (χ2n) is 7.37. The summed E-state index contributed by atoms with van der Waals surface area (Å²) in [7, 11) is 0. The van der Waals surface area contributed by atoms with Crippen LogP contribution in [0.5, 0.6) is 0 Å². The van der Waals surface area contributed by atoms with Gasteiger partial charge in [0.1, 0.15) is 0 Å². The Labute approximate surface area is 150 Å². The molecule has 0 spiro atoms. The minimum absolute atomic E-state index is 0.0948. The van der Waals surface area contributed by atoms with Gasteiger partial charge in [0.05, 0.1) is 5.92 Å². The van der Waals surface area contributed by atoms with Gasteiger partial charge in [0.25, 0.3) is 0 Å². The summed E-state index contributed by atoms with van der Waals surface area (Å²) >= 11 is 0. The third-order valence-electron chi connectivity index (χ3n) is 5.87. The number of amides is 1. The molecule has 0 saturated carbocycles. The molecular weight excluding hydrogens is 308 g/mol. The van der Waals surface area contributed by atoms with Crippen LogP contribution in [0, 0.1) is 5.92 Å². The number of piperidine rings is 1. The van der Waals surface area contributed by atoms with E-state index in [4.69, 9.17) is 0 Å². The Hall–Kier alpha value is -2.13. The van der Waals surface area contributed by atoms with Crippen molar-refractivity contribution in [1.82, 2.24) is 10.2 Å². The fourth-order valence-electron chi connectivity index (χ4n) is 4.52. The van der Waals surface area contributed by atoms with E-state index in [1.165, 1.54) is 11.1 Å². The van der Waals surface area contributed by atoms with Gasteiger partial charge < -0.3 is 10.2 Å². The molecule has 130 valence electrons. The molecule has 2 saturated heterocycles. The van der Waals surface area contributed by atoms with Crippen molar-refractivity contribution in [2.45, 2.75) is 24.7 Å². The first-order valence-electron chi connectivity index (χ1n) is 9.40. The zero-order chi connectivity index (χ0) is 17.1. The summed E-state index contributed by atoms with van der Waals surface area (Å²) in [5.74, 6) is 0.489. The van der Waals surface area contributed by atoms with E-state index in [1.807, 2.05) is 0 Å². The smallest absolute Gasteiger partial charge is 0.227 e. The summed E-state index contributed by atoms with van der Waals surface area (Å²) in [5, 5.41) is 3.33. The maximum absolute atomic E-state index is 13.0. The van der Waals surface area contributed by atoms with Crippen LogP contribution in [0.25, 0.3) is 0 Å². The quantitative estimate of drug-likeness (QED) is 0.935. The lowest BCUT2D eigenvalue weighted by Gasteiger charge is -2.44. The highest BCUT2D eigenvalue weighted by Crippen LogP contribution is 2.40. The number of carbonyl (C=O) groups excluding carboxylic acids is 1. The Balaban J connectivity index is 1.70. The Bertz CT molecular complexity index is 668. The number of nitrogens with one attached hydrogen (secondary N) is 1. The first-order valence-corrected chi connectivity index (χ1v) is 9.40. The normalized spacial score (nSPS) is 22.7. The average molecular weight is 334 g/mol. The second kappa shape index (κ2) is 7.01. The average Bonchev–Trinajstić information content (AvgIpc) is 3.23. The zero-order valence-corrected chi connectivity index (χ0v) is 14.7. The van der Waals surface area contributed by atoms with Gasteiger partial charge >= 0.3 is 0 Å². The summed E-state index contributed by atoms with van der Waals surface area (Å²) in [6.45, 7) is 3.47. The first-order chi connectivity index (χ1) is 12.3. The number of hydrogen-bond donors (Lipinski definition) is 1. The van der Waals surface area contributed by atoms with E-state index in [-0.39, 0.29) is 11.3 Å². The summed E-state index contributed by atoms with van der Waals surface area (Å²) in [6.07, 6.45) is 3.11. The molecule has 25 heavy (non-hydrogen) atoms. The highest BCUT2D eigenvalue weighted by atomic mass is 16.2. The third kappa shape index (κ3) is 3.09. The number of rotatable bonds is 3. The molecule has 0 aliphatic carbocycles. The molecule has 0 aromatic heterocycles. The third-order valence-corrected chi connectivity index (χ3v) is 5.87. The first kappa shape index (κ1) is 16.3. The lowest BCUT2D eigenvalue weighted by molar-refractivity contribution is -0.136. The summed E-state index contributed by atoms with van der Waals surface area (Å²) in [4.78, 5) is 15.2. The van der Waals surface area contributed by atoms with Gasteiger partial charge in [-0.1, -0.05) is 60.7 Å². The van der Waals surface area contributed by atoms with Crippen LogP contribution >= 0.6 is 0 Å². The monoisotopic (exact) mass is 334 g/mol. The standard InChI is InChI=1S/C22H26N2O/c25-21(18-12-14-23-16-18)24-15-7-13-22(17-24,19-8-3-1-4-9-19)20-10-5-2-6-11-20/h1-6,8-11,18,23H,7,12-17H2/t18-/m1/s1. The van der Waals surface area contributed by atoms with Crippen molar-refractivity contribution >= 4 is 5.91 Å². The minimum Gasteiger partial charge on any atom is -0.341 e. The molecule has 4 rings (SSSR count). The topological polar surface area (TPSA) is 32.3 Å². The molecule has 0 radical (unpaired) electrons. The van der Waals surface area contributed by atoms with Crippen molar-refractivity contribution in [3.05, 3.63) is 71.8 Å². The van der Waals surface area contributed by atoms with Crippen molar-refractivity contribution in [3.63, 3.8) is 0 Å². The van der Waals surface area contributed by atoms with Crippen molar-refractivity contribution in [3.8, 4) is 0 Å². The molecular formula is C22H26N2O. The van der Waals surface area contributed by atoms with Crippen LogP contribution in [0.1, 0.15) is 30.4 Å². The van der Waals surface area contributed by atoms with Gasteiger partial charge in [0.15, 0.2) is 0 Å². The van der Waals surface area contributed by atoms with E-state index in [1.54, 1.807) is 0 Å². The van der Waals surface area contributed by atoms with E-state index < -0.39 is 0 Å². The van der Waals surface area contributed by atoms with Crippen LogP contribution < -0.4 is 5.32 Å². The van der Waals surface area contributed by atoms with Crippen LogP contribution in [-0.2, 0) is 10.2 Å². The molecule has 3 heteroatoms. The highest BCUT2D eigenvalue weighted by molar-refractivity contribution is 5.80. The molecule has 3 nitrogen and oxygen atoms in total. The van der Waals surface area contributed by atoms with Crippen molar-refractivity contribution in [2.75, 3.05) is 26.2 Å². The van der Waals surface area contributed by atoms with Gasteiger partial charge in [-0.15, -0.1) is 0 Å². The van der Waals surface area contributed by atoms with E-state index in [2.05, 4.69) is 70.9 Å². The summed E-state index contributed by atoms with van der Waals surface area (Å²) in [6, 6.07) is 21.5. The lowest BCUT2D eigenvalue weighted by Crippen LogP contribution is -2.51. The number of carbonyl (C=O) groups is 1. The van der Waals surface area contributed by atoms with E-state index in [9.17, 15) is 4.79 Å². The SMILES string of the molecule is O=C([C@@H]1CCNC1)N1CCCC(c2ccccc2)(c2ccccc2)C1. The molecule has 2 aromatic carbocycles.